The van der Waals surface area contributed by atoms with E-state index in [-0.39, 0.29) is 12.4 Å². The summed E-state index contributed by atoms with van der Waals surface area (Å²) >= 11 is 0. The fourth-order valence-corrected chi connectivity index (χ4v) is 3.04. The third kappa shape index (κ3) is 4.30. The van der Waals surface area contributed by atoms with Gasteiger partial charge in [0.05, 0.1) is 6.61 Å². The molecule has 1 aromatic carbocycles. The molecule has 1 fully saturated rings. The molecule has 0 saturated carbocycles. The molecule has 0 bridgehead atoms. The number of rotatable bonds is 4. The Morgan fingerprint density at radius 3 is 2.95 bits per heavy atom. The summed E-state index contributed by atoms with van der Waals surface area (Å²) in [6, 6.07) is 5.45. The predicted octanol–water partition coefficient (Wildman–Crippen LogP) is 3.18. The number of hydrogen-bond donors (Lipinski definition) is 1. The van der Waals surface area contributed by atoms with E-state index in [0.717, 1.165) is 24.2 Å². The maximum absolute atomic E-state index is 13.4. The highest BCUT2D eigenvalue weighted by molar-refractivity contribution is 5.41. The Balaban J connectivity index is 2.18. The van der Waals surface area contributed by atoms with E-state index in [1.54, 1.807) is 0 Å². The Hall–Kier alpha value is -1.37. The second-order valence-electron chi connectivity index (χ2n) is 6.00. The molecule has 2 rings (SSSR count). The predicted molar refractivity (Wildman–Crippen MR) is 83.3 cm³/mol. The molecular weight excluding hydrogens is 265 g/mol. The van der Waals surface area contributed by atoms with Gasteiger partial charge >= 0.3 is 0 Å². The van der Waals surface area contributed by atoms with Crippen LogP contribution in [-0.4, -0.2) is 29.2 Å². The first-order valence-corrected chi connectivity index (χ1v) is 7.74. The van der Waals surface area contributed by atoms with Crippen molar-refractivity contribution in [2.75, 3.05) is 13.2 Å². The van der Waals surface area contributed by atoms with Gasteiger partial charge in [-0.25, -0.2) is 4.39 Å². The smallest absolute Gasteiger partial charge is 0.124 e. The number of nitrogens with zero attached hydrogens (tertiary/aromatic N) is 1. The lowest BCUT2D eigenvalue weighted by Crippen LogP contribution is -2.33. The lowest BCUT2D eigenvalue weighted by molar-refractivity contribution is 0.198. The molecule has 1 N–H and O–H groups in total. The average molecular weight is 289 g/mol. The molecule has 0 aliphatic carbocycles. The minimum absolute atomic E-state index is 0.0409. The highest BCUT2D eigenvalue weighted by Gasteiger charge is 2.27. The first kappa shape index (κ1) is 16.0. The average Bonchev–Trinajstić information content (AvgIpc) is 2.90. The van der Waals surface area contributed by atoms with Gasteiger partial charge in [0.2, 0.25) is 0 Å². The first-order chi connectivity index (χ1) is 10.1. The Labute approximate surface area is 127 Å². The van der Waals surface area contributed by atoms with Crippen LogP contribution in [0.4, 0.5) is 4.39 Å². The molecule has 1 saturated heterocycles. The van der Waals surface area contributed by atoms with Crippen molar-refractivity contribution < 1.29 is 9.50 Å². The van der Waals surface area contributed by atoms with Crippen molar-refractivity contribution >= 4 is 0 Å². The molecule has 114 valence electrons. The van der Waals surface area contributed by atoms with Crippen molar-refractivity contribution in [2.45, 2.75) is 45.7 Å². The summed E-state index contributed by atoms with van der Waals surface area (Å²) in [5.74, 6) is 6.27. The first-order valence-electron chi connectivity index (χ1n) is 7.74. The number of aliphatic hydroxyl groups is 1. The normalized spacial score (nSPS) is 18.8. The van der Waals surface area contributed by atoms with E-state index < -0.39 is 0 Å². The summed E-state index contributed by atoms with van der Waals surface area (Å²) in [6.07, 6.45) is 2.90. The lowest BCUT2D eigenvalue weighted by Gasteiger charge is -2.28. The highest BCUT2D eigenvalue weighted by atomic mass is 19.1. The molecule has 0 radical (unpaired) electrons. The second kappa shape index (κ2) is 7.59. The van der Waals surface area contributed by atoms with E-state index in [4.69, 9.17) is 5.11 Å². The summed E-state index contributed by atoms with van der Waals surface area (Å²) in [4.78, 5) is 2.48. The molecule has 1 heterocycles. The van der Waals surface area contributed by atoms with Gasteiger partial charge in [-0.05, 0) is 43.0 Å². The molecule has 21 heavy (non-hydrogen) atoms. The van der Waals surface area contributed by atoms with Gasteiger partial charge in [-0.15, -0.1) is 0 Å². The summed E-state index contributed by atoms with van der Waals surface area (Å²) in [5.41, 5.74) is 1.83. The molecule has 1 aliphatic heterocycles. The minimum Gasteiger partial charge on any atom is -0.395 e. The molecule has 2 nitrogen and oxygen atoms in total. The van der Waals surface area contributed by atoms with Gasteiger partial charge < -0.3 is 5.11 Å². The van der Waals surface area contributed by atoms with E-state index >= 15 is 0 Å². The van der Waals surface area contributed by atoms with Gasteiger partial charge in [0.25, 0.3) is 0 Å². The van der Waals surface area contributed by atoms with Crippen LogP contribution in [0.3, 0.4) is 0 Å². The number of hydrogen-bond acceptors (Lipinski definition) is 2. The molecule has 1 atom stereocenters. The monoisotopic (exact) mass is 289 g/mol. The molecular formula is C18H24FNO. The number of aliphatic hydroxyl groups excluding tert-OH is 1. The van der Waals surface area contributed by atoms with Crippen molar-refractivity contribution in [2.24, 2.45) is 5.92 Å². The molecule has 0 aromatic heterocycles. The molecule has 3 heteroatoms. The Morgan fingerprint density at radius 1 is 1.43 bits per heavy atom. The van der Waals surface area contributed by atoms with E-state index in [1.807, 2.05) is 6.07 Å². The van der Waals surface area contributed by atoms with Crippen molar-refractivity contribution in [1.82, 2.24) is 4.90 Å². The molecule has 1 unspecified atom stereocenters. The summed E-state index contributed by atoms with van der Waals surface area (Å²) < 4.78 is 13.4. The third-order valence-corrected chi connectivity index (χ3v) is 4.09. The van der Waals surface area contributed by atoms with Crippen LogP contribution < -0.4 is 0 Å². The SMILES string of the molecule is CC(C)C1CCCN1Cc1ccc(F)cc1C#CCCO. The van der Waals surface area contributed by atoms with Crippen LogP contribution in [-0.2, 0) is 6.54 Å². The van der Waals surface area contributed by atoms with Crippen LogP contribution in [0.1, 0.15) is 44.2 Å². The quantitative estimate of drug-likeness (QED) is 0.861. The third-order valence-electron chi connectivity index (χ3n) is 4.09. The largest absolute Gasteiger partial charge is 0.395 e. The summed E-state index contributed by atoms with van der Waals surface area (Å²) in [7, 11) is 0. The van der Waals surface area contributed by atoms with E-state index in [2.05, 4.69) is 30.6 Å². The standard InChI is InChI=1S/C18H24FNO/c1-14(2)18-7-5-10-20(18)13-16-8-9-17(19)12-15(16)6-3-4-11-21/h8-9,12,14,18,21H,4-5,7,10-11,13H2,1-2H3. The van der Waals surface area contributed by atoms with Crippen molar-refractivity contribution in [1.29, 1.82) is 0 Å². The van der Waals surface area contributed by atoms with Gasteiger partial charge in [-0.3, -0.25) is 4.90 Å². The maximum atomic E-state index is 13.4. The van der Waals surface area contributed by atoms with Crippen LogP contribution >= 0.6 is 0 Å². The Morgan fingerprint density at radius 2 is 2.24 bits per heavy atom. The minimum atomic E-state index is -0.256. The van der Waals surface area contributed by atoms with Gasteiger partial charge in [0, 0.05) is 24.6 Å². The van der Waals surface area contributed by atoms with E-state index in [1.165, 1.54) is 25.0 Å². The highest BCUT2D eigenvalue weighted by Crippen LogP contribution is 2.26. The lowest BCUT2D eigenvalue weighted by atomic mass is 10.0. The summed E-state index contributed by atoms with van der Waals surface area (Å²) in [6.45, 7) is 6.49. The van der Waals surface area contributed by atoms with Gasteiger partial charge in [0.15, 0.2) is 0 Å². The van der Waals surface area contributed by atoms with Crippen molar-refractivity contribution in [3.8, 4) is 11.8 Å². The zero-order valence-corrected chi connectivity index (χ0v) is 12.9. The van der Waals surface area contributed by atoms with E-state index in [9.17, 15) is 4.39 Å². The Bertz CT molecular complexity index is 530. The van der Waals surface area contributed by atoms with Gasteiger partial charge in [-0.1, -0.05) is 31.8 Å². The van der Waals surface area contributed by atoms with Gasteiger partial charge in [-0.2, -0.15) is 0 Å². The zero-order chi connectivity index (χ0) is 15.2. The molecule has 0 amide bonds. The van der Waals surface area contributed by atoms with Crippen LogP contribution in [0.25, 0.3) is 0 Å². The van der Waals surface area contributed by atoms with Crippen molar-refractivity contribution in [3.63, 3.8) is 0 Å². The van der Waals surface area contributed by atoms with Crippen molar-refractivity contribution in [3.05, 3.63) is 35.1 Å². The molecule has 0 spiro atoms. The Kier molecular flexibility index (Phi) is 5.78. The zero-order valence-electron chi connectivity index (χ0n) is 12.9. The van der Waals surface area contributed by atoms with Crippen LogP contribution in [0, 0.1) is 23.6 Å². The van der Waals surface area contributed by atoms with Gasteiger partial charge in [0.1, 0.15) is 5.82 Å². The van der Waals surface area contributed by atoms with E-state index in [0.29, 0.717) is 18.4 Å². The molecule has 1 aromatic rings. The fraction of sp³-hybridized carbons (Fsp3) is 0.556. The second-order valence-corrected chi connectivity index (χ2v) is 6.00. The fourth-order valence-electron chi connectivity index (χ4n) is 3.04. The van der Waals surface area contributed by atoms with Crippen LogP contribution in [0.5, 0.6) is 0 Å². The number of benzene rings is 1. The topological polar surface area (TPSA) is 23.5 Å². The number of halogens is 1. The van der Waals surface area contributed by atoms with Crippen LogP contribution in [0.2, 0.25) is 0 Å². The van der Waals surface area contributed by atoms with Crippen LogP contribution in [0.15, 0.2) is 18.2 Å². The number of likely N-dealkylation sites (tertiary alicyclic amines) is 1. The maximum Gasteiger partial charge on any atom is 0.124 e. The molecule has 1 aliphatic rings. The summed E-state index contributed by atoms with van der Waals surface area (Å²) in [5, 5.41) is 8.81.